The summed E-state index contributed by atoms with van der Waals surface area (Å²) in [6.45, 7) is 3.29. The number of rotatable bonds is 4. The maximum Gasteiger partial charge on any atom is 0.250 e. The van der Waals surface area contributed by atoms with Gasteiger partial charge >= 0.3 is 0 Å². The van der Waals surface area contributed by atoms with Crippen LogP contribution >= 0.6 is 0 Å². The van der Waals surface area contributed by atoms with E-state index in [0.717, 1.165) is 31.7 Å². The molecule has 4 rings (SSSR count). The highest BCUT2D eigenvalue weighted by molar-refractivity contribution is 5.96. The first-order chi connectivity index (χ1) is 12.1. The number of ketones is 1. The predicted octanol–water partition coefficient (Wildman–Crippen LogP) is 2.68. The van der Waals surface area contributed by atoms with Gasteiger partial charge in [0.05, 0.1) is 0 Å². The smallest absolute Gasteiger partial charge is 0.250 e. The van der Waals surface area contributed by atoms with Crippen LogP contribution < -0.4 is 5.56 Å². The summed E-state index contributed by atoms with van der Waals surface area (Å²) in [5.41, 5.74) is 1.78. The Hall–Kier alpha value is -2.27. The van der Waals surface area contributed by atoms with Crippen LogP contribution in [0, 0.1) is 11.7 Å². The first-order valence-electron chi connectivity index (χ1n) is 8.81. The Labute approximate surface area is 145 Å². The zero-order valence-electron chi connectivity index (χ0n) is 14.0. The Morgan fingerprint density at radius 2 is 1.88 bits per heavy atom. The minimum Gasteiger partial charge on any atom is -0.312 e. The number of nitrogens with zero attached hydrogens (tertiary/aromatic N) is 2. The Balaban J connectivity index is 1.42. The molecule has 5 heteroatoms. The van der Waals surface area contributed by atoms with Crippen LogP contribution in [0.4, 0.5) is 4.39 Å². The van der Waals surface area contributed by atoms with Crippen molar-refractivity contribution < 1.29 is 9.18 Å². The van der Waals surface area contributed by atoms with Gasteiger partial charge in [0.15, 0.2) is 5.78 Å². The number of fused-ring (bicyclic) bond motifs is 4. The quantitative estimate of drug-likeness (QED) is 0.804. The number of hydrogen-bond donors (Lipinski definition) is 0. The standard InChI is InChI=1S/C20H21FN2O2/c21-17-6-4-15(5-7-17)19(24)8-9-22-11-14-10-16(13-22)18-2-1-3-20(25)23(18)12-14/h1-7,14,16H,8-13H2/t14-,16+/m0/s1. The van der Waals surface area contributed by atoms with Crippen LogP contribution in [0.1, 0.15) is 34.8 Å². The molecular formula is C20H21FN2O2. The summed E-state index contributed by atoms with van der Waals surface area (Å²) < 4.78 is 14.9. The van der Waals surface area contributed by atoms with Gasteiger partial charge in [-0.1, -0.05) is 6.07 Å². The topological polar surface area (TPSA) is 42.3 Å². The third kappa shape index (κ3) is 3.29. The zero-order chi connectivity index (χ0) is 17.4. The zero-order valence-corrected chi connectivity index (χ0v) is 14.0. The maximum absolute atomic E-state index is 13.0. The molecule has 1 aromatic heterocycles. The van der Waals surface area contributed by atoms with Crippen molar-refractivity contribution in [2.24, 2.45) is 5.92 Å². The van der Waals surface area contributed by atoms with E-state index in [4.69, 9.17) is 0 Å². The lowest BCUT2D eigenvalue weighted by atomic mass is 9.83. The van der Waals surface area contributed by atoms with E-state index >= 15 is 0 Å². The highest BCUT2D eigenvalue weighted by Crippen LogP contribution is 2.34. The van der Waals surface area contributed by atoms with Crippen molar-refractivity contribution in [1.29, 1.82) is 0 Å². The highest BCUT2D eigenvalue weighted by atomic mass is 19.1. The SMILES string of the molecule is O=C(CCN1C[C@@H]2C[C@H](C1)c1cccc(=O)n1C2)c1ccc(F)cc1. The molecule has 0 aliphatic carbocycles. The number of halogens is 1. The van der Waals surface area contributed by atoms with Gasteiger partial charge in [-0.25, -0.2) is 4.39 Å². The molecule has 130 valence electrons. The molecule has 25 heavy (non-hydrogen) atoms. The third-order valence-corrected chi connectivity index (χ3v) is 5.38. The normalized spacial score (nSPS) is 22.4. The van der Waals surface area contributed by atoms with Crippen LogP contribution in [-0.2, 0) is 6.54 Å². The summed E-state index contributed by atoms with van der Waals surface area (Å²) in [5.74, 6) is 0.552. The van der Waals surface area contributed by atoms with E-state index in [1.54, 1.807) is 18.2 Å². The lowest BCUT2D eigenvalue weighted by molar-refractivity contribution is 0.0904. The van der Waals surface area contributed by atoms with E-state index in [1.165, 1.54) is 12.1 Å². The van der Waals surface area contributed by atoms with Crippen LogP contribution in [0.5, 0.6) is 0 Å². The molecule has 2 aliphatic rings. The number of benzene rings is 1. The van der Waals surface area contributed by atoms with Crippen molar-refractivity contribution >= 4 is 5.78 Å². The molecule has 2 aliphatic heterocycles. The lowest BCUT2D eigenvalue weighted by Crippen LogP contribution is -2.47. The van der Waals surface area contributed by atoms with E-state index in [2.05, 4.69) is 11.0 Å². The van der Waals surface area contributed by atoms with Gasteiger partial charge in [0.25, 0.3) is 5.56 Å². The molecule has 0 amide bonds. The molecule has 2 aromatic rings. The summed E-state index contributed by atoms with van der Waals surface area (Å²) in [6.07, 6.45) is 1.55. The van der Waals surface area contributed by atoms with Gasteiger partial charge in [0.2, 0.25) is 0 Å². The molecule has 2 bridgehead atoms. The number of pyridine rings is 1. The van der Waals surface area contributed by atoms with Crippen LogP contribution in [-0.4, -0.2) is 34.9 Å². The Morgan fingerprint density at radius 1 is 1.08 bits per heavy atom. The molecule has 3 heterocycles. The molecule has 2 atom stereocenters. The van der Waals surface area contributed by atoms with Crippen LogP contribution in [0.15, 0.2) is 47.3 Å². The highest BCUT2D eigenvalue weighted by Gasteiger charge is 2.34. The first-order valence-corrected chi connectivity index (χ1v) is 8.81. The summed E-state index contributed by atoms with van der Waals surface area (Å²) in [5, 5.41) is 0. The molecule has 1 saturated heterocycles. The predicted molar refractivity (Wildman–Crippen MR) is 93.3 cm³/mol. The summed E-state index contributed by atoms with van der Waals surface area (Å²) in [6, 6.07) is 11.3. The monoisotopic (exact) mass is 340 g/mol. The number of Topliss-reactive ketones (excluding diaryl/α,β-unsaturated/α-hetero) is 1. The molecule has 1 aromatic carbocycles. The van der Waals surface area contributed by atoms with Crippen molar-refractivity contribution in [1.82, 2.24) is 9.47 Å². The Bertz CT molecular complexity index is 844. The van der Waals surface area contributed by atoms with Crippen LogP contribution in [0.3, 0.4) is 0 Å². The van der Waals surface area contributed by atoms with Crippen molar-refractivity contribution in [2.45, 2.75) is 25.3 Å². The van der Waals surface area contributed by atoms with E-state index < -0.39 is 0 Å². The number of likely N-dealkylation sites (tertiary alicyclic amines) is 1. The van der Waals surface area contributed by atoms with Gasteiger partial charge in [0.1, 0.15) is 5.82 Å². The molecule has 0 spiro atoms. The van der Waals surface area contributed by atoms with Crippen molar-refractivity contribution in [2.75, 3.05) is 19.6 Å². The second kappa shape index (κ2) is 6.56. The Morgan fingerprint density at radius 3 is 2.68 bits per heavy atom. The largest absolute Gasteiger partial charge is 0.312 e. The maximum atomic E-state index is 13.0. The summed E-state index contributed by atoms with van der Waals surface area (Å²) in [4.78, 5) is 26.7. The van der Waals surface area contributed by atoms with Gasteiger partial charge in [-0.3, -0.25) is 9.59 Å². The minimum absolute atomic E-state index is 0.0485. The van der Waals surface area contributed by atoms with Crippen molar-refractivity contribution in [3.05, 3.63) is 69.9 Å². The second-order valence-electron chi connectivity index (χ2n) is 7.14. The van der Waals surface area contributed by atoms with Crippen LogP contribution in [0.25, 0.3) is 0 Å². The van der Waals surface area contributed by atoms with Gasteiger partial charge < -0.3 is 9.47 Å². The van der Waals surface area contributed by atoms with Crippen molar-refractivity contribution in [3.8, 4) is 0 Å². The van der Waals surface area contributed by atoms with Gasteiger partial charge in [-0.05, 0) is 42.7 Å². The van der Waals surface area contributed by atoms with Crippen LogP contribution in [0.2, 0.25) is 0 Å². The number of carbonyl (C=O) groups is 1. The molecule has 0 N–H and O–H groups in total. The number of aromatic nitrogens is 1. The fraction of sp³-hybridized carbons (Fsp3) is 0.400. The van der Waals surface area contributed by atoms with Crippen molar-refractivity contribution in [3.63, 3.8) is 0 Å². The van der Waals surface area contributed by atoms with Gasteiger partial charge in [-0.2, -0.15) is 0 Å². The van der Waals surface area contributed by atoms with E-state index in [1.807, 2.05) is 10.6 Å². The number of carbonyl (C=O) groups excluding carboxylic acids is 1. The lowest BCUT2D eigenvalue weighted by Gasteiger charge is -2.42. The average molecular weight is 340 g/mol. The Kier molecular flexibility index (Phi) is 4.25. The first kappa shape index (κ1) is 16.2. The minimum atomic E-state index is -0.325. The fourth-order valence-corrected chi connectivity index (χ4v) is 4.22. The van der Waals surface area contributed by atoms with E-state index in [9.17, 15) is 14.0 Å². The molecule has 4 nitrogen and oxygen atoms in total. The fourth-order valence-electron chi connectivity index (χ4n) is 4.22. The van der Waals surface area contributed by atoms with Gasteiger partial charge in [-0.15, -0.1) is 0 Å². The molecule has 0 saturated carbocycles. The number of piperidine rings is 1. The number of hydrogen-bond acceptors (Lipinski definition) is 3. The summed E-state index contributed by atoms with van der Waals surface area (Å²) >= 11 is 0. The average Bonchev–Trinajstić information content (AvgIpc) is 2.61. The molecule has 0 radical (unpaired) electrons. The summed E-state index contributed by atoms with van der Waals surface area (Å²) in [7, 11) is 0. The van der Waals surface area contributed by atoms with E-state index in [0.29, 0.717) is 30.4 Å². The molecular weight excluding hydrogens is 319 g/mol. The second-order valence-corrected chi connectivity index (χ2v) is 7.14. The van der Waals surface area contributed by atoms with Gasteiger partial charge in [0, 0.05) is 55.8 Å². The molecule has 1 fully saturated rings. The van der Waals surface area contributed by atoms with E-state index in [-0.39, 0.29) is 17.2 Å². The third-order valence-electron chi connectivity index (χ3n) is 5.38. The molecule has 0 unspecified atom stereocenters.